The molecule has 0 saturated heterocycles. The summed E-state index contributed by atoms with van der Waals surface area (Å²) >= 11 is 0. The van der Waals surface area contributed by atoms with Gasteiger partial charge in [-0.1, -0.05) is 6.07 Å². The van der Waals surface area contributed by atoms with Crippen molar-refractivity contribution in [3.05, 3.63) is 29.6 Å². The summed E-state index contributed by atoms with van der Waals surface area (Å²) in [7, 11) is -2.32. The van der Waals surface area contributed by atoms with Gasteiger partial charge in [-0.05, 0) is 26.0 Å². The average molecular weight is 282 g/mol. The van der Waals surface area contributed by atoms with Crippen LogP contribution in [0.1, 0.15) is 13.8 Å². The van der Waals surface area contributed by atoms with Crippen molar-refractivity contribution in [2.75, 3.05) is 12.4 Å². The first kappa shape index (κ1) is 15.0. The number of rotatable bonds is 3. The van der Waals surface area contributed by atoms with Gasteiger partial charge in [0.15, 0.2) is 9.84 Å². The highest BCUT2D eigenvalue weighted by Crippen LogP contribution is 2.30. The van der Waals surface area contributed by atoms with Crippen molar-refractivity contribution < 1.29 is 17.9 Å². The molecule has 0 radical (unpaired) electrons. The molecule has 0 fully saturated rings. The SMILES string of the molecule is [C-]#[N+]c1cc(NC(=O)OC)ccc1S(=O)(=O)C(C)C. The van der Waals surface area contributed by atoms with Gasteiger partial charge < -0.3 is 4.74 Å². The van der Waals surface area contributed by atoms with Crippen LogP contribution in [0.3, 0.4) is 0 Å². The molecule has 102 valence electrons. The molecule has 0 unspecified atom stereocenters. The van der Waals surface area contributed by atoms with Crippen LogP contribution in [-0.4, -0.2) is 26.9 Å². The van der Waals surface area contributed by atoms with E-state index in [1.54, 1.807) is 13.8 Å². The lowest BCUT2D eigenvalue weighted by atomic mass is 10.3. The van der Waals surface area contributed by atoms with E-state index in [1.165, 1.54) is 25.3 Å². The van der Waals surface area contributed by atoms with Gasteiger partial charge in [-0.2, -0.15) is 0 Å². The van der Waals surface area contributed by atoms with E-state index in [4.69, 9.17) is 6.57 Å². The zero-order valence-electron chi connectivity index (χ0n) is 10.8. The lowest BCUT2D eigenvalue weighted by molar-refractivity contribution is 0.187. The topological polar surface area (TPSA) is 76.8 Å². The molecule has 1 amide bonds. The average Bonchev–Trinajstić information content (AvgIpc) is 2.37. The minimum absolute atomic E-state index is 0.0254. The Morgan fingerprint density at radius 1 is 1.42 bits per heavy atom. The summed E-state index contributed by atoms with van der Waals surface area (Å²) in [5, 5.41) is 1.76. The third-order valence-corrected chi connectivity index (χ3v) is 4.64. The molecule has 1 aromatic carbocycles. The van der Waals surface area contributed by atoms with Crippen molar-refractivity contribution in [1.29, 1.82) is 0 Å². The molecule has 0 aliphatic heterocycles. The van der Waals surface area contributed by atoms with Gasteiger partial charge in [0.1, 0.15) is 0 Å². The van der Waals surface area contributed by atoms with Crippen molar-refractivity contribution in [3.63, 3.8) is 0 Å². The number of nitrogens with zero attached hydrogens (tertiary/aromatic N) is 1. The van der Waals surface area contributed by atoms with Gasteiger partial charge in [0.2, 0.25) is 5.69 Å². The summed E-state index contributed by atoms with van der Waals surface area (Å²) in [6.07, 6.45) is -0.685. The Bertz CT molecular complexity index is 630. The van der Waals surface area contributed by atoms with E-state index in [9.17, 15) is 13.2 Å². The Kier molecular flexibility index (Phi) is 4.51. The number of benzene rings is 1. The number of carbonyl (C=O) groups is 1. The highest BCUT2D eigenvalue weighted by molar-refractivity contribution is 7.92. The number of carbonyl (C=O) groups excluding carboxylic acids is 1. The van der Waals surface area contributed by atoms with Gasteiger partial charge in [0, 0.05) is 5.69 Å². The lowest BCUT2D eigenvalue weighted by Crippen LogP contribution is -2.15. The molecule has 7 heteroatoms. The Hall–Kier alpha value is -2.07. The lowest BCUT2D eigenvalue weighted by Gasteiger charge is -2.11. The normalized spacial score (nSPS) is 10.9. The third-order valence-electron chi connectivity index (χ3n) is 2.44. The molecule has 0 saturated carbocycles. The van der Waals surface area contributed by atoms with Gasteiger partial charge >= 0.3 is 6.09 Å². The van der Waals surface area contributed by atoms with Crippen molar-refractivity contribution in [2.45, 2.75) is 24.0 Å². The van der Waals surface area contributed by atoms with Crippen molar-refractivity contribution >= 4 is 27.3 Å². The Morgan fingerprint density at radius 2 is 2.05 bits per heavy atom. The number of ether oxygens (including phenoxy) is 1. The monoisotopic (exact) mass is 282 g/mol. The molecule has 0 bridgehead atoms. The van der Waals surface area contributed by atoms with Crippen molar-refractivity contribution in [2.24, 2.45) is 0 Å². The third kappa shape index (κ3) is 3.23. The smallest absolute Gasteiger partial charge is 0.411 e. The van der Waals surface area contributed by atoms with E-state index in [2.05, 4.69) is 14.9 Å². The molecular formula is C12H14N2O4S. The summed E-state index contributed by atoms with van der Waals surface area (Å²) < 4.78 is 28.5. The molecule has 0 aliphatic carbocycles. The maximum absolute atomic E-state index is 12.0. The van der Waals surface area contributed by atoms with Crippen LogP contribution in [0.5, 0.6) is 0 Å². The van der Waals surface area contributed by atoms with Gasteiger partial charge in [-0.25, -0.2) is 18.1 Å². The Labute approximate surface area is 112 Å². The van der Waals surface area contributed by atoms with E-state index in [0.29, 0.717) is 5.69 Å². The van der Waals surface area contributed by atoms with Crippen LogP contribution in [-0.2, 0) is 14.6 Å². The number of nitrogens with one attached hydrogen (secondary N) is 1. The first-order chi connectivity index (χ1) is 8.82. The number of hydrogen-bond donors (Lipinski definition) is 1. The second kappa shape index (κ2) is 5.71. The Morgan fingerprint density at radius 3 is 2.53 bits per heavy atom. The minimum atomic E-state index is -3.53. The summed E-state index contributed by atoms with van der Waals surface area (Å²) in [4.78, 5) is 14.2. The van der Waals surface area contributed by atoms with Gasteiger partial charge in [0.05, 0.1) is 23.8 Å². The molecule has 0 atom stereocenters. The highest BCUT2D eigenvalue weighted by atomic mass is 32.2. The number of methoxy groups -OCH3 is 1. The zero-order valence-corrected chi connectivity index (χ0v) is 11.6. The molecule has 0 spiro atoms. The van der Waals surface area contributed by atoms with Crippen molar-refractivity contribution in [1.82, 2.24) is 0 Å². The first-order valence-corrected chi connectivity index (χ1v) is 6.98. The van der Waals surface area contributed by atoms with E-state index in [0.717, 1.165) is 0 Å². The fraction of sp³-hybridized carbons (Fsp3) is 0.333. The molecule has 1 N–H and O–H groups in total. The van der Waals surface area contributed by atoms with Gasteiger partial charge in [0.25, 0.3) is 0 Å². The van der Waals surface area contributed by atoms with Crippen LogP contribution >= 0.6 is 0 Å². The summed E-state index contributed by atoms with van der Waals surface area (Å²) in [5.74, 6) is 0. The summed E-state index contributed by atoms with van der Waals surface area (Å²) in [6, 6.07) is 4.04. The maximum Gasteiger partial charge on any atom is 0.411 e. The molecule has 19 heavy (non-hydrogen) atoms. The van der Waals surface area contributed by atoms with E-state index < -0.39 is 21.2 Å². The molecule has 0 aromatic heterocycles. The van der Waals surface area contributed by atoms with Crippen LogP contribution in [0.15, 0.2) is 23.1 Å². The Balaban J connectivity index is 3.26. The maximum atomic E-state index is 12.0. The first-order valence-electron chi connectivity index (χ1n) is 5.43. The number of anilines is 1. The quantitative estimate of drug-likeness (QED) is 0.864. The van der Waals surface area contributed by atoms with Crippen LogP contribution in [0.25, 0.3) is 4.85 Å². The van der Waals surface area contributed by atoms with Crippen LogP contribution in [0, 0.1) is 6.57 Å². The molecule has 0 aliphatic rings. The highest BCUT2D eigenvalue weighted by Gasteiger charge is 2.23. The number of amides is 1. The molecular weight excluding hydrogens is 268 g/mol. The molecule has 6 nitrogen and oxygen atoms in total. The van der Waals surface area contributed by atoms with Gasteiger partial charge in [-0.3, -0.25) is 5.32 Å². The van der Waals surface area contributed by atoms with Crippen LogP contribution < -0.4 is 5.32 Å². The molecule has 1 aromatic rings. The molecule has 0 heterocycles. The van der Waals surface area contributed by atoms with Crippen LogP contribution in [0.4, 0.5) is 16.2 Å². The zero-order chi connectivity index (χ0) is 14.6. The van der Waals surface area contributed by atoms with Crippen molar-refractivity contribution in [3.8, 4) is 0 Å². The van der Waals surface area contributed by atoms with Gasteiger partial charge in [-0.15, -0.1) is 0 Å². The fourth-order valence-electron chi connectivity index (χ4n) is 1.35. The van der Waals surface area contributed by atoms with E-state index >= 15 is 0 Å². The predicted octanol–water partition coefficient (Wildman–Crippen LogP) is 2.60. The largest absolute Gasteiger partial charge is 0.453 e. The predicted molar refractivity (Wildman–Crippen MR) is 71.1 cm³/mol. The van der Waals surface area contributed by atoms with Crippen LogP contribution in [0.2, 0.25) is 0 Å². The number of sulfone groups is 1. The summed E-state index contributed by atoms with van der Waals surface area (Å²) in [5.41, 5.74) is 0.281. The van der Waals surface area contributed by atoms with E-state index in [-0.39, 0.29) is 10.6 Å². The fourth-order valence-corrected chi connectivity index (χ4v) is 2.51. The second-order valence-corrected chi connectivity index (χ2v) is 6.48. The molecule has 1 rings (SSSR count). The number of hydrogen-bond acceptors (Lipinski definition) is 4. The minimum Gasteiger partial charge on any atom is -0.453 e. The van der Waals surface area contributed by atoms with E-state index in [1.807, 2.05) is 0 Å². The standard InChI is InChI=1S/C12H14N2O4S/c1-8(2)19(16,17)11-6-5-9(7-10(11)13-3)14-12(15)18-4/h5-8H,1-2,4H3,(H,14,15). The second-order valence-electron chi connectivity index (χ2n) is 4.00. The summed E-state index contributed by atoms with van der Waals surface area (Å²) in [6.45, 7) is 10.1.